The van der Waals surface area contributed by atoms with E-state index in [9.17, 15) is 0 Å². The molecule has 1 aliphatic carbocycles. The van der Waals surface area contributed by atoms with E-state index in [1.807, 2.05) is 18.2 Å². The number of oxime groups is 1. The monoisotopic (exact) mass is 263 g/mol. The lowest BCUT2D eigenvalue weighted by molar-refractivity contribution is 0.312. The van der Waals surface area contributed by atoms with Crippen molar-refractivity contribution in [2.45, 2.75) is 19.4 Å². The van der Waals surface area contributed by atoms with Crippen LogP contribution in [0.1, 0.15) is 24.0 Å². The Kier molecular flexibility index (Phi) is 4.27. The van der Waals surface area contributed by atoms with Crippen molar-refractivity contribution >= 4 is 5.84 Å². The number of ether oxygens (including phenoxy) is 1. The molecule has 1 saturated carbocycles. The van der Waals surface area contributed by atoms with Crippen LogP contribution in [-0.2, 0) is 6.54 Å². The first kappa shape index (κ1) is 13.7. The van der Waals surface area contributed by atoms with Crippen LogP contribution in [0, 0.1) is 5.92 Å². The summed E-state index contributed by atoms with van der Waals surface area (Å²) in [5, 5.41) is 11.7. The Morgan fingerprint density at radius 2 is 2.26 bits per heavy atom. The van der Waals surface area contributed by atoms with Crippen LogP contribution < -0.4 is 10.5 Å². The molecule has 0 aromatic heterocycles. The quantitative estimate of drug-likeness (QED) is 0.354. The van der Waals surface area contributed by atoms with E-state index < -0.39 is 0 Å². The minimum Gasteiger partial charge on any atom is -0.496 e. The van der Waals surface area contributed by atoms with Gasteiger partial charge in [-0.3, -0.25) is 0 Å². The molecule has 1 aromatic carbocycles. The predicted molar refractivity (Wildman–Crippen MR) is 74.6 cm³/mol. The Hall–Kier alpha value is -1.75. The Balaban J connectivity index is 2.09. The topological polar surface area (TPSA) is 71.1 Å². The minimum absolute atomic E-state index is 0.0646. The van der Waals surface area contributed by atoms with Crippen molar-refractivity contribution in [3.05, 3.63) is 29.3 Å². The van der Waals surface area contributed by atoms with Crippen molar-refractivity contribution in [2.24, 2.45) is 16.8 Å². The standard InChI is InChI=1S/C14H21N3O2/c1-17(8-10-3-4-10)9-11-5-6-12(14(15)16-18)13(7-11)19-2/h5-7,10,18H,3-4,8-9H2,1-2H3,(H2,15,16). The van der Waals surface area contributed by atoms with Crippen LogP contribution >= 0.6 is 0 Å². The first-order valence-electron chi connectivity index (χ1n) is 6.47. The Morgan fingerprint density at radius 1 is 1.53 bits per heavy atom. The lowest BCUT2D eigenvalue weighted by Gasteiger charge is -2.17. The van der Waals surface area contributed by atoms with Crippen molar-refractivity contribution in [3.63, 3.8) is 0 Å². The van der Waals surface area contributed by atoms with E-state index in [-0.39, 0.29) is 5.84 Å². The smallest absolute Gasteiger partial charge is 0.173 e. The molecular weight excluding hydrogens is 242 g/mol. The highest BCUT2D eigenvalue weighted by Gasteiger charge is 2.22. The molecule has 5 heteroatoms. The van der Waals surface area contributed by atoms with E-state index in [1.54, 1.807) is 7.11 Å². The molecular formula is C14H21N3O2. The molecule has 1 aromatic rings. The van der Waals surface area contributed by atoms with Crippen LogP contribution in [0.5, 0.6) is 5.75 Å². The zero-order valence-corrected chi connectivity index (χ0v) is 11.5. The summed E-state index contributed by atoms with van der Waals surface area (Å²) in [6.07, 6.45) is 2.71. The van der Waals surface area contributed by atoms with Gasteiger partial charge in [0.15, 0.2) is 5.84 Å². The van der Waals surface area contributed by atoms with Gasteiger partial charge in [-0.05, 0) is 43.5 Å². The number of nitrogens with two attached hydrogens (primary N) is 1. The van der Waals surface area contributed by atoms with Gasteiger partial charge < -0.3 is 20.6 Å². The SMILES string of the molecule is COc1cc(CN(C)CC2CC2)ccc1/C(N)=N/O. The molecule has 5 nitrogen and oxygen atoms in total. The van der Waals surface area contributed by atoms with Gasteiger partial charge in [-0.25, -0.2) is 0 Å². The second kappa shape index (κ2) is 5.93. The average molecular weight is 263 g/mol. The molecule has 1 aliphatic rings. The molecule has 0 heterocycles. The zero-order valence-electron chi connectivity index (χ0n) is 11.5. The number of amidine groups is 1. The van der Waals surface area contributed by atoms with Crippen molar-refractivity contribution < 1.29 is 9.94 Å². The summed E-state index contributed by atoms with van der Waals surface area (Å²) < 4.78 is 5.29. The highest BCUT2D eigenvalue weighted by Crippen LogP contribution is 2.30. The first-order valence-corrected chi connectivity index (χ1v) is 6.47. The van der Waals surface area contributed by atoms with Gasteiger partial charge in [0.25, 0.3) is 0 Å². The van der Waals surface area contributed by atoms with Gasteiger partial charge in [0.1, 0.15) is 5.75 Å². The van der Waals surface area contributed by atoms with Gasteiger partial charge in [-0.15, -0.1) is 0 Å². The van der Waals surface area contributed by atoms with Gasteiger partial charge in [-0.1, -0.05) is 11.2 Å². The molecule has 0 atom stereocenters. The fourth-order valence-electron chi connectivity index (χ4n) is 2.22. The van der Waals surface area contributed by atoms with Gasteiger partial charge in [0, 0.05) is 13.1 Å². The number of methoxy groups -OCH3 is 1. The summed E-state index contributed by atoms with van der Waals surface area (Å²) in [5.74, 6) is 1.57. The van der Waals surface area contributed by atoms with E-state index in [2.05, 4.69) is 17.1 Å². The predicted octanol–water partition coefficient (Wildman–Crippen LogP) is 1.63. The van der Waals surface area contributed by atoms with Crippen LogP contribution in [0.25, 0.3) is 0 Å². The third-order valence-corrected chi connectivity index (χ3v) is 3.37. The number of nitrogens with zero attached hydrogens (tertiary/aromatic N) is 2. The van der Waals surface area contributed by atoms with E-state index in [0.29, 0.717) is 11.3 Å². The maximum atomic E-state index is 8.73. The van der Waals surface area contributed by atoms with Crippen LogP contribution in [0.4, 0.5) is 0 Å². The molecule has 2 rings (SSSR count). The van der Waals surface area contributed by atoms with Crippen molar-refractivity contribution in [3.8, 4) is 5.75 Å². The normalized spacial score (nSPS) is 15.8. The highest BCUT2D eigenvalue weighted by molar-refractivity contribution is 5.99. The number of hydrogen-bond donors (Lipinski definition) is 2. The second-order valence-corrected chi connectivity index (χ2v) is 5.16. The Bertz CT molecular complexity index is 470. The molecule has 19 heavy (non-hydrogen) atoms. The van der Waals surface area contributed by atoms with Crippen LogP contribution in [0.2, 0.25) is 0 Å². The van der Waals surface area contributed by atoms with Crippen LogP contribution in [0.15, 0.2) is 23.4 Å². The third kappa shape index (κ3) is 3.61. The van der Waals surface area contributed by atoms with Crippen molar-refractivity contribution in [1.82, 2.24) is 4.90 Å². The molecule has 0 radical (unpaired) electrons. The maximum absolute atomic E-state index is 8.73. The molecule has 0 unspecified atom stereocenters. The van der Waals surface area contributed by atoms with Gasteiger partial charge >= 0.3 is 0 Å². The summed E-state index contributed by atoms with van der Waals surface area (Å²) >= 11 is 0. The fraction of sp³-hybridized carbons (Fsp3) is 0.500. The lowest BCUT2D eigenvalue weighted by Crippen LogP contribution is -2.20. The van der Waals surface area contributed by atoms with E-state index in [0.717, 1.165) is 24.6 Å². The van der Waals surface area contributed by atoms with Gasteiger partial charge in [-0.2, -0.15) is 0 Å². The summed E-state index contributed by atoms with van der Waals surface area (Å²) in [6.45, 7) is 2.02. The molecule has 0 aliphatic heterocycles. The molecule has 1 fully saturated rings. The summed E-state index contributed by atoms with van der Waals surface area (Å²) in [4.78, 5) is 2.32. The van der Waals surface area contributed by atoms with E-state index in [4.69, 9.17) is 15.7 Å². The maximum Gasteiger partial charge on any atom is 0.173 e. The largest absolute Gasteiger partial charge is 0.496 e. The van der Waals surface area contributed by atoms with Crippen molar-refractivity contribution in [2.75, 3.05) is 20.7 Å². The molecule has 3 N–H and O–H groups in total. The number of hydrogen-bond acceptors (Lipinski definition) is 4. The number of benzene rings is 1. The molecule has 0 spiro atoms. The molecule has 0 saturated heterocycles. The fourth-order valence-corrected chi connectivity index (χ4v) is 2.22. The minimum atomic E-state index is 0.0646. The third-order valence-electron chi connectivity index (χ3n) is 3.37. The second-order valence-electron chi connectivity index (χ2n) is 5.16. The summed E-state index contributed by atoms with van der Waals surface area (Å²) in [6, 6.07) is 5.75. The lowest BCUT2D eigenvalue weighted by atomic mass is 10.1. The number of rotatable bonds is 6. The first-order chi connectivity index (χ1) is 9.13. The highest BCUT2D eigenvalue weighted by atomic mass is 16.5. The molecule has 0 amide bonds. The summed E-state index contributed by atoms with van der Waals surface area (Å²) in [5.41, 5.74) is 7.38. The Labute approximate surface area is 113 Å². The summed E-state index contributed by atoms with van der Waals surface area (Å²) in [7, 11) is 3.71. The van der Waals surface area contributed by atoms with Crippen LogP contribution in [-0.4, -0.2) is 36.6 Å². The van der Waals surface area contributed by atoms with E-state index in [1.165, 1.54) is 12.8 Å². The average Bonchev–Trinajstić information content (AvgIpc) is 3.21. The van der Waals surface area contributed by atoms with Gasteiger partial charge in [0.2, 0.25) is 0 Å². The Morgan fingerprint density at radius 3 is 2.84 bits per heavy atom. The van der Waals surface area contributed by atoms with E-state index >= 15 is 0 Å². The van der Waals surface area contributed by atoms with Crippen molar-refractivity contribution in [1.29, 1.82) is 0 Å². The molecule has 0 bridgehead atoms. The van der Waals surface area contributed by atoms with Crippen LogP contribution in [0.3, 0.4) is 0 Å². The zero-order chi connectivity index (χ0) is 13.8. The molecule has 104 valence electrons. The van der Waals surface area contributed by atoms with Gasteiger partial charge in [0.05, 0.1) is 12.7 Å².